The van der Waals surface area contributed by atoms with Gasteiger partial charge in [0.15, 0.2) is 0 Å². The maximum Gasteiger partial charge on any atom is 0.345 e. The average Bonchev–Trinajstić information content (AvgIpc) is 2.64. The predicted molar refractivity (Wildman–Crippen MR) is 57.7 cm³/mol. The van der Waals surface area contributed by atoms with Gasteiger partial charge in [0.05, 0.1) is 18.2 Å². The van der Waals surface area contributed by atoms with Gasteiger partial charge in [-0.15, -0.1) is 0 Å². The maximum absolute atomic E-state index is 13.5. The van der Waals surface area contributed by atoms with Gasteiger partial charge in [0.2, 0.25) is 0 Å². The highest BCUT2D eigenvalue weighted by Gasteiger charge is 2.08. The van der Waals surface area contributed by atoms with Crippen molar-refractivity contribution in [3.8, 4) is 6.07 Å². The van der Waals surface area contributed by atoms with Crippen LogP contribution >= 0.6 is 0 Å². The highest BCUT2D eigenvalue weighted by molar-refractivity contribution is 5.33. The minimum Gasteiger partial charge on any atom is -0.285 e. The lowest BCUT2D eigenvalue weighted by atomic mass is 10.1. The molecule has 0 aliphatic heterocycles. The van der Waals surface area contributed by atoms with Gasteiger partial charge in [-0.05, 0) is 18.2 Å². The molecule has 17 heavy (non-hydrogen) atoms. The molecule has 0 N–H and O–H groups in total. The van der Waals surface area contributed by atoms with E-state index in [-0.39, 0.29) is 17.8 Å². The van der Waals surface area contributed by atoms with Gasteiger partial charge in [0.1, 0.15) is 12.1 Å². The Morgan fingerprint density at radius 1 is 1.53 bits per heavy atom. The topological polar surface area (TPSA) is 63.6 Å². The number of nitrogens with zero attached hydrogens (tertiary/aromatic N) is 4. The van der Waals surface area contributed by atoms with E-state index in [0.717, 1.165) is 4.68 Å². The van der Waals surface area contributed by atoms with Gasteiger partial charge in [-0.2, -0.15) is 10.4 Å². The molecule has 1 aromatic carbocycles. The summed E-state index contributed by atoms with van der Waals surface area (Å²) in [6.45, 7) is 0.0149. The molecule has 0 bridgehead atoms. The zero-order valence-electron chi connectivity index (χ0n) is 9.09. The van der Waals surface area contributed by atoms with Gasteiger partial charge in [-0.3, -0.25) is 4.57 Å². The van der Waals surface area contributed by atoms with Crippen molar-refractivity contribution in [3.63, 3.8) is 0 Å². The van der Waals surface area contributed by atoms with E-state index < -0.39 is 5.82 Å². The fourth-order valence-electron chi connectivity index (χ4n) is 1.46. The molecule has 0 fully saturated rings. The van der Waals surface area contributed by atoms with E-state index >= 15 is 0 Å². The summed E-state index contributed by atoms with van der Waals surface area (Å²) in [7, 11) is 1.56. The number of benzene rings is 1. The molecule has 2 rings (SSSR count). The van der Waals surface area contributed by atoms with Gasteiger partial charge in [-0.1, -0.05) is 0 Å². The molecule has 0 aliphatic rings. The second-order valence-electron chi connectivity index (χ2n) is 3.60. The van der Waals surface area contributed by atoms with Crippen molar-refractivity contribution in [2.45, 2.75) is 6.54 Å². The van der Waals surface area contributed by atoms with Crippen LogP contribution in [0.15, 0.2) is 29.3 Å². The van der Waals surface area contributed by atoms with Gasteiger partial charge >= 0.3 is 5.69 Å². The normalized spacial score (nSPS) is 10.2. The minimum absolute atomic E-state index is 0.0149. The Bertz CT molecular complexity index is 650. The summed E-state index contributed by atoms with van der Waals surface area (Å²) >= 11 is 0. The first-order chi connectivity index (χ1) is 8.11. The van der Waals surface area contributed by atoms with E-state index in [2.05, 4.69) is 5.10 Å². The third-order valence-electron chi connectivity index (χ3n) is 2.38. The van der Waals surface area contributed by atoms with Crippen LogP contribution in [0.25, 0.3) is 0 Å². The van der Waals surface area contributed by atoms with Crippen molar-refractivity contribution in [3.05, 3.63) is 52.0 Å². The fourth-order valence-corrected chi connectivity index (χ4v) is 1.46. The molecule has 0 saturated carbocycles. The van der Waals surface area contributed by atoms with E-state index in [1.54, 1.807) is 7.05 Å². The zero-order chi connectivity index (χ0) is 12.4. The first-order valence-electron chi connectivity index (χ1n) is 4.89. The molecule has 2 aromatic rings. The lowest BCUT2D eigenvalue weighted by molar-refractivity contribution is 0.575. The Morgan fingerprint density at radius 3 is 2.88 bits per heavy atom. The largest absolute Gasteiger partial charge is 0.345 e. The molecular formula is C11H9FN4O. The van der Waals surface area contributed by atoms with Crippen LogP contribution in [-0.4, -0.2) is 14.3 Å². The number of aromatic nitrogens is 3. The standard InChI is InChI=1S/C11H9FN4O/c1-15-7-14-16(11(15)17)6-9-4-8(5-13)2-3-10(9)12/h2-4,7H,6H2,1H3. The van der Waals surface area contributed by atoms with Crippen LogP contribution in [0.3, 0.4) is 0 Å². The van der Waals surface area contributed by atoms with E-state index in [4.69, 9.17) is 5.26 Å². The van der Waals surface area contributed by atoms with Crippen molar-refractivity contribution in [1.29, 1.82) is 5.26 Å². The number of rotatable bonds is 2. The fraction of sp³-hybridized carbons (Fsp3) is 0.182. The van der Waals surface area contributed by atoms with Gasteiger partial charge in [0, 0.05) is 12.6 Å². The lowest BCUT2D eigenvalue weighted by Crippen LogP contribution is -2.23. The smallest absolute Gasteiger partial charge is 0.285 e. The van der Waals surface area contributed by atoms with Crippen molar-refractivity contribution < 1.29 is 4.39 Å². The van der Waals surface area contributed by atoms with Crippen LogP contribution in [0.4, 0.5) is 4.39 Å². The third kappa shape index (κ3) is 2.08. The highest BCUT2D eigenvalue weighted by Crippen LogP contribution is 2.10. The monoisotopic (exact) mass is 232 g/mol. The summed E-state index contributed by atoms with van der Waals surface area (Å²) in [4.78, 5) is 11.5. The second-order valence-corrected chi connectivity index (χ2v) is 3.60. The molecule has 1 heterocycles. The van der Waals surface area contributed by atoms with E-state index in [0.29, 0.717) is 5.56 Å². The Labute approximate surface area is 96.3 Å². The quantitative estimate of drug-likeness (QED) is 0.763. The summed E-state index contributed by atoms with van der Waals surface area (Å²) in [5.41, 5.74) is 0.294. The third-order valence-corrected chi connectivity index (χ3v) is 2.38. The van der Waals surface area contributed by atoms with Gasteiger partial charge in [-0.25, -0.2) is 13.9 Å². The predicted octanol–water partition coefficient (Wildman–Crippen LogP) is 0.641. The van der Waals surface area contributed by atoms with Crippen LogP contribution in [-0.2, 0) is 13.6 Å². The van der Waals surface area contributed by atoms with Crippen molar-refractivity contribution in [2.75, 3.05) is 0 Å². The minimum atomic E-state index is -0.457. The maximum atomic E-state index is 13.5. The van der Waals surface area contributed by atoms with E-state index in [1.165, 1.54) is 29.1 Å². The molecule has 0 radical (unpaired) electrons. The second kappa shape index (κ2) is 4.22. The lowest BCUT2D eigenvalue weighted by Gasteiger charge is -2.02. The highest BCUT2D eigenvalue weighted by atomic mass is 19.1. The molecule has 86 valence electrons. The van der Waals surface area contributed by atoms with Crippen LogP contribution in [0.1, 0.15) is 11.1 Å². The number of aryl methyl sites for hydroxylation is 1. The molecular weight excluding hydrogens is 223 g/mol. The SMILES string of the molecule is Cn1cnn(Cc2cc(C#N)ccc2F)c1=O. The first-order valence-corrected chi connectivity index (χ1v) is 4.89. The van der Waals surface area contributed by atoms with Crippen LogP contribution in [0, 0.1) is 17.1 Å². The molecule has 6 heteroatoms. The Morgan fingerprint density at radius 2 is 2.29 bits per heavy atom. The summed E-state index contributed by atoms with van der Waals surface area (Å²) < 4.78 is 15.9. The molecule has 0 atom stereocenters. The Kier molecular flexibility index (Phi) is 2.75. The average molecular weight is 232 g/mol. The van der Waals surface area contributed by atoms with E-state index in [9.17, 15) is 9.18 Å². The van der Waals surface area contributed by atoms with Crippen molar-refractivity contribution in [1.82, 2.24) is 14.3 Å². The van der Waals surface area contributed by atoms with Gasteiger partial charge < -0.3 is 0 Å². The summed E-state index contributed by atoms with van der Waals surface area (Å²) in [5.74, 6) is -0.457. The molecule has 0 unspecified atom stereocenters. The van der Waals surface area contributed by atoms with Crippen LogP contribution < -0.4 is 5.69 Å². The number of halogens is 1. The molecule has 0 spiro atoms. The Balaban J connectivity index is 2.40. The molecule has 0 saturated heterocycles. The summed E-state index contributed by atoms with van der Waals surface area (Å²) in [6, 6.07) is 5.93. The zero-order valence-corrected chi connectivity index (χ0v) is 9.09. The summed E-state index contributed by atoms with van der Waals surface area (Å²) in [6.07, 6.45) is 1.36. The van der Waals surface area contributed by atoms with Crippen molar-refractivity contribution in [2.24, 2.45) is 7.05 Å². The first kappa shape index (κ1) is 11.1. The van der Waals surface area contributed by atoms with Crippen molar-refractivity contribution >= 4 is 0 Å². The Hall–Kier alpha value is -2.42. The number of hydrogen-bond acceptors (Lipinski definition) is 3. The van der Waals surface area contributed by atoms with E-state index in [1.807, 2.05) is 6.07 Å². The number of hydrogen-bond donors (Lipinski definition) is 0. The molecule has 0 aliphatic carbocycles. The molecule has 0 amide bonds. The molecule has 5 nitrogen and oxygen atoms in total. The van der Waals surface area contributed by atoms with Gasteiger partial charge in [0.25, 0.3) is 0 Å². The van der Waals surface area contributed by atoms with Crippen LogP contribution in [0.2, 0.25) is 0 Å². The van der Waals surface area contributed by atoms with Crippen LogP contribution in [0.5, 0.6) is 0 Å². The number of nitriles is 1. The molecule has 1 aromatic heterocycles. The summed E-state index contributed by atoms with van der Waals surface area (Å²) in [5, 5.41) is 12.5.